The lowest BCUT2D eigenvalue weighted by Gasteiger charge is -2.28. The maximum absolute atomic E-state index is 11.3. The maximum atomic E-state index is 11.3. The normalized spacial score (nSPS) is 19.3. The fourth-order valence-corrected chi connectivity index (χ4v) is 3.57. The van der Waals surface area contributed by atoms with Gasteiger partial charge in [-0.3, -0.25) is 4.99 Å². The minimum absolute atomic E-state index is 0. The average Bonchev–Trinajstić information content (AvgIpc) is 2.92. The van der Waals surface area contributed by atoms with Gasteiger partial charge in [-0.05, 0) is 25.2 Å². The summed E-state index contributed by atoms with van der Waals surface area (Å²) >= 11 is 0. The highest BCUT2D eigenvalue weighted by atomic mass is 127. The molecule has 0 spiro atoms. The Kier molecular flexibility index (Phi) is 10.8. The Morgan fingerprint density at radius 2 is 2.08 bits per heavy atom. The summed E-state index contributed by atoms with van der Waals surface area (Å²) in [7, 11) is -1.12. The van der Waals surface area contributed by atoms with Crippen LogP contribution in [0.2, 0.25) is 0 Å². The number of guanidine groups is 1. The predicted molar refractivity (Wildman–Crippen MR) is 111 cm³/mol. The molecule has 24 heavy (non-hydrogen) atoms. The van der Waals surface area contributed by atoms with Gasteiger partial charge in [-0.25, -0.2) is 8.42 Å². The Morgan fingerprint density at radius 1 is 1.42 bits per heavy atom. The molecule has 1 aliphatic rings. The largest absolute Gasteiger partial charge is 0.381 e. The van der Waals surface area contributed by atoms with Gasteiger partial charge in [0.05, 0.1) is 12.4 Å². The van der Waals surface area contributed by atoms with Gasteiger partial charge in [0.1, 0.15) is 9.84 Å². The Balaban J connectivity index is 0.00000529. The van der Waals surface area contributed by atoms with Crippen molar-refractivity contribution >= 4 is 39.8 Å². The second kappa shape index (κ2) is 10.8. The van der Waals surface area contributed by atoms with E-state index in [1.165, 1.54) is 6.26 Å². The van der Waals surface area contributed by atoms with E-state index in [2.05, 4.69) is 29.1 Å². The van der Waals surface area contributed by atoms with Gasteiger partial charge in [0.2, 0.25) is 0 Å². The molecule has 0 radical (unpaired) electrons. The number of halogens is 1. The molecule has 1 heterocycles. The van der Waals surface area contributed by atoms with E-state index >= 15 is 0 Å². The van der Waals surface area contributed by atoms with Crippen molar-refractivity contribution in [3.63, 3.8) is 0 Å². The summed E-state index contributed by atoms with van der Waals surface area (Å²) in [5.41, 5.74) is -0.0938. The molecule has 0 aromatic carbocycles. The van der Waals surface area contributed by atoms with Crippen LogP contribution >= 0.6 is 24.0 Å². The maximum Gasteiger partial charge on any atom is 0.193 e. The number of aliphatic imine (C=N–C) groups is 1. The van der Waals surface area contributed by atoms with E-state index in [0.29, 0.717) is 18.9 Å². The highest BCUT2D eigenvalue weighted by molar-refractivity contribution is 14.0. The Morgan fingerprint density at radius 3 is 2.62 bits per heavy atom. The van der Waals surface area contributed by atoms with Crippen molar-refractivity contribution in [2.24, 2.45) is 16.3 Å². The number of hydrogen-bond acceptors (Lipinski definition) is 4. The Bertz CT molecular complexity index is 495. The monoisotopic (exact) mass is 475 g/mol. The van der Waals surface area contributed by atoms with E-state index in [4.69, 9.17) is 4.74 Å². The lowest BCUT2D eigenvalue weighted by atomic mass is 9.90. The van der Waals surface area contributed by atoms with Crippen LogP contribution in [-0.2, 0) is 14.6 Å². The number of sulfone groups is 1. The number of nitrogens with zero attached hydrogens (tertiary/aromatic N) is 2. The molecule has 144 valence electrons. The molecule has 0 aromatic rings. The van der Waals surface area contributed by atoms with Gasteiger partial charge in [-0.2, -0.15) is 0 Å². The smallest absolute Gasteiger partial charge is 0.193 e. The summed E-state index contributed by atoms with van der Waals surface area (Å²) in [6.07, 6.45) is 3.05. The first-order valence-electron chi connectivity index (χ1n) is 8.38. The van der Waals surface area contributed by atoms with Gasteiger partial charge in [0.15, 0.2) is 5.96 Å². The summed E-state index contributed by atoms with van der Waals surface area (Å²) < 4.78 is 28.2. The molecule has 1 N–H and O–H groups in total. The van der Waals surface area contributed by atoms with E-state index < -0.39 is 9.84 Å². The molecule has 6 nitrogen and oxygen atoms in total. The molecule has 0 saturated carbocycles. The molecular formula is C16H34IN3O3S. The molecule has 1 fully saturated rings. The van der Waals surface area contributed by atoms with Crippen LogP contribution in [0.5, 0.6) is 0 Å². The fourth-order valence-electron chi connectivity index (χ4n) is 2.65. The summed E-state index contributed by atoms with van der Waals surface area (Å²) in [6.45, 7) is 10.4. The van der Waals surface area contributed by atoms with Crippen LogP contribution in [0.25, 0.3) is 0 Å². The van der Waals surface area contributed by atoms with Crippen LogP contribution in [0, 0.1) is 11.3 Å². The molecule has 0 aliphatic carbocycles. The van der Waals surface area contributed by atoms with E-state index in [1.807, 2.05) is 6.92 Å². The van der Waals surface area contributed by atoms with Gasteiger partial charge in [-0.1, -0.05) is 13.8 Å². The lowest BCUT2D eigenvalue weighted by Crippen LogP contribution is -2.44. The summed E-state index contributed by atoms with van der Waals surface area (Å²) in [5.74, 6) is 1.68. The second-order valence-corrected chi connectivity index (χ2v) is 9.46. The third kappa shape index (κ3) is 9.41. The molecule has 1 atom stereocenters. The average molecular weight is 475 g/mol. The minimum Gasteiger partial charge on any atom is -0.381 e. The van der Waals surface area contributed by atoms with Gasteiger partial charge >= 0.3 is 0 Å². The number of rotatable bonds is 8. The third-order valence-electron chi connectivity index (χ3n) is 4.23. The SMILES string of the molecule is CCOCC1CCN(C(=NC)NCC(C)(C)CCS(C)(=O)=O)C1.I. The lowest BCUT2D eigenvalue weighted by molar-refractivity contribution is 0.114. The minimum atomic E-state index is -2.92. The van der Waals surface area contributed by atoms with Gasteiger partial charge < -0.3 is 15.0 Å². The van der Waals surface area contributed by atoms with Crippen LogP contribution < -0.4 is 5.32 Å². The molecule has 1 saturated heterocycles. The molecular weight excluding hydrogens is 441 g/mol. The quantitative estimate of drug-likeness (QED) is 0.331. The third-order valence-corrected chi connectivity index (χ3v) is 5.18. The number of likely N-dealkylation sites (tertiary alicyclic amines) is 1. The van der Waals surface area contributed by atoms with Crippen LogP contribution in [0.1, 0.15) is 33.6 Å². The molecule has 8 heteroatoms. The highest BCUT2D eigenvalue weighted by Crippen LogP contribution is 2.21. The molecule has 1 aliphatic heterocycles. The number of ether oxygens (including phenoxy) is 1. The van der Waals surface area contributed by atoms with Crippen LogP contribution in [0.15, 0.2) is 4.99 Å². The zero-order valence-corrected chi connectivity index (χ0v) is 18.8. The summed E-state index contributed by atoms with van der Waals surface area (Å²) in [5, 5.41) is 3.40. The Hall–Kier alpha value is -0.0900. The van der Waals surface area contributed by atoms with E-state index in [-0.39, 0.29) is 35.1 Å². The molecule has 1 unspecified atom stereocenters. The molecule has 0 amide bonds. The van der Waals surface area contributed by atoms with Gasteiger partial charge in [0, 0.05) is 45.5 Å². The van der Waals surface area contributed by atoms with Crippen LogP contribution in [-0.4, -0.2) is 71.2 Å². The first kappa shape index (κ1) is 23.9. The van der Waals surface area contributed by atoms with Gasteiger partial charge in [0.25, 0.3) is 0 Å². The fraction of sp³-hybridized carbons (Fsp3) is 0.938. The standard InChI is InChI=1S/C16H33N3O3S.HI/c1-6-22-12-14-7-9-19(11-14)15(17-4)18-13-16(2,3)8-10-23(5,20)21;/h14H,6-13H2,1-5H3,(H,17,18);1H. The first-order chi connectivity index (χ1) is 10.7. The summed E-state index contributed by atoms with van der Waals surface area (Å²) in [6, 6.07) is 0. The van der Waals surface area contributed by atoms with Gasteiger partial charge in [-0.15, -0.1) is 24.0 Å². The zero-order chi connectivity index (χ0) is 17.5. The molecule has 0 bridgehead atoms. The van der Waals surface area contributed by atoms with Crippen molar-refractivity contribution in [1.82, 2.24) is 10.2 Å². The number of hydrogen-bond donors (Lipinski definition) is 1. The van der Waals surface area contributed by atoms with Crippen molar-refractivity contribution in [2.45, 2.75) is 33.6 Å². The number of nitrogens with one attached hydrogen (secondary N) is 1. The molecule has 1 rings (SSSR count). The summed E-state index contributed by atoms with van der Waals surface area (Å²) in [4.78, 5) is 6.63. The first-order valence-corrected chi connectivity index (χ1v) is 10.4. The topological polar surface area (TPSA) is 71.0 Å². The van der Waals surface area contributed by atoms with Crippen molar-refractivity contribution in [2.75, 3.05) is 51.9 Å². The van der Waals surface area contributed by atoms with Crippen LogP contribution in [0.4, 0.5) is 0 Å². The van der Waals surface area contributed by atoms with Crippen molar-refractivity contribution in [3.05, 3.63) is 0 Å². The zero-order valence-electron chi connectivity index (χ0n) is 15.7. The van der Waals surface area contributed by atoms with Crippen molar-refractivity contribution in [3.8, 4) is 0 Å². The van der Waals surface area contributed by atoms with Crippen molar-refractivity contribution in [1.29, 1.82) is 0 Å². The second-order valence-electron chi connectivity index (χ2n) is 7.21. The van der Waals surface area contributed by atoms with Crippen molar-refractivity contribution < 1.29 is 13.2 Å². The Labute approximate surface area is 164 Å². The van der Waals surface area contributed by atoms with E-state index in [0.717, 1.165) is 38.7 Å². The van der Waals surface area contributed by atoms with Crippen LogP contribution in [0.3, 0.4) is 0 Å². The van der Waals surface area contributed by atoms with E-state index in [1.54, 1.807) is 7.05 Å². The molecule has 0 aromatic heterocycles. The highest BCUT2D eigenvalue weighted by Gasteiger charge is 2.26. The predicted octanol–water partition coefficient (Wildman–Crippen LogP) is 2.00. The van der Waals surface area contributed by atoms with E-state index in [9.17, 15) is 8.42 Å².